The van der Waals surface area contributed by atoms with E-state index < -0.39 is 15.8 Å². The first-order valence-corrected chi connectivity index (χ1v) is 9.53. The van der Waals surface area contributed by atoms with Gasteiger partial charge < -0.3 is 10.1 Å². The van der Waals surface area contributed by atoms with Gasteiger partial charge in [-0.2, -0.15) is 0 Å². The van der Waals surface area contributed by atoms with Gasteiger partial charge in [0.1, 0.15) is 11.6 Å². The lowest BCUT2D eigenvalue weighted by molar-refractivity contribution is 0.120. The minimum Gasteiger partial charge on any atom is -0.376 e. The highest BCUT2D eigenvalue weighted by Gasteiger charge is 2.17. The van der Waals surface area contributed by atoms with Crippen LogP contribution in [0.25, 0.3) is 0 Å². The molecule has 0 amide bonds. The van der Waals surface area contributed by atoms with Crippen molar-refractivity contribution >= 4 is 21.5 Å². The molecule has 0 saturated carbocycles. The lowest BCUT2D eigenvalue weighted by Crippen LogP contribution is -2.19. The van der Waals surface area contributed by atoms with Crippen molar-refractivity contribution in [2.75, 3.05) is 23.2 Å². The predicted molar refractivity (Wildman–Crippen MR) is 93.6 cm³/mol. The van der Waals surface area contributed by atoms with E-state index in [-0.39, 0.29) is 16.6 Å². The molecule has 1 atom stereocenters. The number of sulfonamides is 1. The van der Waals surface area contributed by atoms with Crippen molar-refractivity contribution in [3.63, 3.8) is 0 Å². The number of pyridine rings is 1. The molecule has 1 fully saturated rings. The fourth-order valence-corrected chi connectivity index (χ4v) is 3.71. The van der Waals surface area contributed by atoms with Gasteiger partial charge in [0.05, 0.1) is 22.9 Å². The molecule has 134 valence electrons. The lowest BCUT2D eigenvalue weighted by atomic mass is 10.2. The van der Waals surface area contributed by atoms with Crippen LogP contribution in [0, 0.1) is 12.7 Å². The minimum absolute atomic E-state index is 0.00647. The van der Waals surface area contributed by atoms with E-state index >= 15 is 0 Å². The molecule has 1 saturated heterocycles. The summed E-state index contributed by atoms with van der Waals surface area (Å²) < 4.78 is 46.0. The average Bonchev–Trinajstić information content (AvgIpc) is 3.10. The molecule has 25 heavy (non-hydrogen) atoms. The monoisotopic (exact) mass is 365 g/mol. The maximum atomic E-state index is 13.3. The highest BCUT2D eigenvalue weighted by molar-refractivity contribution is 7.92. The number of rotatable bonds is 6. The first kappa shape index (κ1) is 17.6. The molecule has 8 heteroatoms. The summed E-state index contributed by atoms with van der Waals surface area (Å²) in [5.41, 5.74) is 0.610. The van der Waals surface area contributed by atoms with Crippen molar-refractivity contribution in [3.05, 3.63) is 47.9 Å². The molecule has 0 bridgehead atoms. The number of hydrogen-bond acceptors (Lipinski definition) is 5. The Labute approximate surface area is 146 Å². The molecule has 1 aliphatic rings. The third-order valence-electron chi connectivity index (χ3n) is 3.99. The summed E-state index contributed by atoms with van der Waals surface area (Å²) in [5, 5.41) is 3.17. The number of nitrogens with zero attached hydrogens (tertiary/aromatic N) is 1. The van der Waals surface area contributed by atoms with Gasteiger partial charge in [0, 0.05) is 13.2 Å². The van der Waals surface area contributed by atoms with E-state index in [9.17, 15) is 12.8 Å². The van der Waals surface area contributed by atoms with E-state index in [0.29, 0.717) is 18.1 Å². The zero-order valence-corrected chi connectivity index (χ0v) is 14.6. The van der Waals surface area contributed by atoms with E-state index in [1.54, 1.807) is 12.1 Å². The Morgan fingerprint density at radius 1 is 1.32 bits per heavy atom. The first-order valence-electron chi connectivity index (χ1n) is 8.04. The van der Waals surface area contributed by atoms with Gasteiger partial charge in [0.2, 0.25) is 0 Å². The lowest BCUT2D eigenvalue weighted by Gasteiger charge is -2.12. The minimum atomic E-state index is -3.79. The molecular formula is C17H20FN3O3S. The zero-order chi connectivity index (χ0) is 17.9. The van der Waals surface area contributed by atoms with Crippen LogP contribution in [0.2, 0.25) is 0 Å². The number of halogens is 1. The van der Waals surface area contributed by atoms with Crippen LogP contribution in [0.1, 0.15) is 18.4 Å². The summed E-state index contributed by atoms with van der Waals surface area (Å²) in [4.78, 5) is 4.20. The van der Waals surface area contributed by atoms with E-state index in [4.69, 9.17) is 4.74 Å². The van der Waals surface area contributed by atoms with Crippen LogP contribution in [0.15, 0.2) is 41.4 Å². The molecule has 3 rings (SSSR count). The topological polar surface area (TPSA) is 80.3 Å². The molecule has 2 N–H and O–H groups in total. The highest BCUT2D eigenvalue weighted by atomic mass is 32.2. The molecule has 2 heterocycles. The van der Waals surface area contributed by atoms with Crippen molar-refractivity contribution in [2.45, 2.75) is 30.8 Å². The Bertz CT molecular complexity index is 835. The quantitative estimate of drug-likeness (QED) is 0.823. The maximum absolute atomic E-state index is 13.3. The number of benzene rings is 1. The van der Waals surface area contributed by atoms with E-state index in [1.165, 1.54) is 25.3 Å². The molecule has 6 nitrogen and oxygen atoms in total. The highest BCUT2D eigenvalue weighted by Crippen LogP contribution is 2.19. The van der Waals surface area contributed by atoms with Crippen LogP contribution in [-0.4, -0.2) is 32.7 Å². The van der Waals surface area contributed by atoms with Crippen molar-refractivity contribution < 1.29 is 17.5 Å². The first-order chi connectivity index (χ1) is 11.9. The summed E-state index contributed by atoms with van der Waals surface area (Å²) >= 11 is 0. The maximum Gasteiger partial charge on any atom is 0.261 e. The second-order valence-electron chi connectivity index (χ2n) is 5.96. The second-order valence-corrected chi connectivity index (χ2v) is 7.65. The molecule has 1 unspecified atom stereocenters. The van der Waals surface area contributed by atoms with Crippen molar-refractivity contribution in [1.82, 2.24) is 4.98 Å². The van der Waals surface area contributed by atoms with Crippen LogP contribution in [-0.2, 0) is 14.8 Å². The molecule has 1 aromatic carbocycles. The largest absolute Gasteiger partial charge is 0.376 e. The number of aryl methyl sites for hydroxylation is 1. The summed E-state index contributed by atoms with van der Waals surface area (Å²) in [5.74, 6) is 0.207. The van der Waals surface area contributed by atoms with Gasteiger partial charge in [-0.3, -0.25) is 4.72 Å². The van der Waals surface area contributed by atoms with Crippen molar-refractivity contribution in [1.29, 1.82) is 0 Å². The number of aromatic nitrogens is 1. The molecule has 0 aliphatic carbocycles. The normalized spacial score (nSPS) is 17.4. The Morgan fingerprint density at radius 3 is 2.80 bits per heavy atom. The van der Waals surface area contributed by atoms with E-state index in [2.05, 4.69) is 15.0 Å². The SMILES string of the molecule is Cc1cc(S(=O)(=O)Nc2ccc(NCC3CCCO3)nc2)ccc1F. The van der Waals surface area contributed by atoms with Crippen LogP contribution >= 0.6 is 0 Å². The van der Waals surface area contributed by atoms with Gasteiger partial charge >= 0.3 is 0 Å². The average molecular weight is 365 g/mol. The smallest absolute Gasteiger partial charge is 0.261 e. The number of anilines is 2. The predicted octanol–water partition coefficient (Wildman–Crippen LogP) is 2.92. The van der Waals surface area contributed by atoms with Crippen molar-refractivity contribution in [2.24, 2.45) is 0 Å². The fourth-order valence-electron chi connectivity index (χ4n) is 2.58. The number of ether oxygens (including phenoxy) is 1. The van der Waals surface area contributed by atoms with Crippen LogP contribution < -0.4 is 10.0 Å². The summed E-state index contributed by atoms with van der Waals surface area (Å²) in [6, 6.07) is 6.99. The second kappa shape index (κ2) is 7.37. The molecular weight excluding hydrogens is 345 g/mol. The van der Waals surface area contributed by atoms with Gasteiger partial charge in [-0.1, -0.05) is 0 Å². The Kier molecular flexibility index (Phi) is 5.19. The Morgan fingerprint density at radius 2 is 2.16 bits per heavy atom. The molecule has 0 radical (unpaired) electrons. The van der Waals surface area contributed by atoms with E-state index in [0.717, 1.165) is 25.5 Å². The zero-order valence-electron chi connectivity index (χ0n) is 13.8. The fraction of sp³-hybridized carbons (Fsp3) is 0.353. The van der Waals surface area contributed by atoms with Gasteiger partial charge in [-0.05, 0) is 55.7 Å². The summed E-state index contributed by atoms with van der Waals surface area (Å²) in [7, 11) is -3.79. The number of hydrogen-bond donors (Lipinski definition) is 2. The summed E-state index contributed by atoms with van der Waals surface area (Å²) in [6.07, 6.45) is 3.73. The van der Waals surface area contributed by atoms with Crippen LogP contribution in [0.5, 0.6) is 0 Å². The molecule has 0 spiro atoms. The Balaban J connectivity index is 1.64. The van der Waals surface area contributed by atoms with Gasteiger partial charge in [0.25, 0.3) is 10.0 Å². The van der Waals surface area contributed by atoms with Gasteiger partial charge in [0.15, 0.2) is 0 Å². The van der Waals surface area contributed by atoms with Crippen LogP contribution in [0.3, 0.4) is 0 Å². The third-order valence-corrected chi connectivity index (χ3v) is 5.37. The Hall–Kier alpha value is -2.19. The molecule has 1 aromatic heterocycles. The number of nitrogens with one attached hydrogen (secondary N) is 2. The summed E-state index contributed by atoms with van der Waals surface area (Å²) in [6.45, 7) is 2.99. The van der Waals surface area contributed by atoms with Gasteiger partial charge in [-0.25, -0.2) is 17.8 Å². The molecule has 1 aliphatic heterocycles. The third kappa shape index (κ3) is 4.46. The van der Waals surface area contributed by atoms with Crippen molar-refractivity contribution in [3.8, 4) is 0 Å². The van der Waals surface area contributed by atoms with Crippen LogP contribution in [0.4, 0.5) is 15.9 Å². The van der Waals surface area contributed by atoms with E-state index in [1.807, 2.05) is 0 Å². The van der Waals surface area contributed by atoms with Gasteiger partial charge in [-0.15, -0.1) is 0 Å². The molecule has 2 aromatic rings. The standard InChI is InChI=1S/C17H20FN3O3S/c1-12-9-15(5-6-16(12)18)25(22,23)21-13-4-7-17(19-10-13)20-11-14-3-2-8-24-14/h4-7,9-10,14,21H,2-3,8,11H2,1H3,(H,19,20).